The van der Waals surface area contributed by atoms with Gasteiger partial charge in [-0.1, -0.05) is 24.3 Å². The van der Waals surface area contributed by atoms with E-state index >= 15 is 0 Å². The molecule has 2 aromatic carbocycles. The van der Waals surface area contributed by atoms with Crippen LogP contribution >= 0.6 is 0 Å². The average molecular weight is 458 g/mol. The van der Waals surface area contributed by atoms with E-state index in [0.717, 1.165) is 0 Å². The van der Waals surface area contributed by atoms with Gasteiger partial charge in [0.1, 0.15) is 36.6 Å². The highest BCUT2D eigenvalue weighted by molar-refractivity contribution is 6.51. The molecule has 1 aromatic heterocycles. The number of ether oxygens (including phenoxy) is 3. The van der Waals surface area contributed by atoms with Crippen LogP contribution in [-0.2, 0) is 9.59 Å². The molecule has 1 saturated heterocycles. The van der Waals surface area contributed by atoms with Gasteiger partial charge in [-0.3, -0.25) is 14.5 Å². The largest absolute Gasteiger partial charge is 0.507 e. The molecule has 1 N–H and O–H groups in total. The number of hydrogen-bond donors (Lipinski definition) is 1. The van der Waals surface area contributed by atoms with Gasteiger partial charge < -0.3 is 19.3 Å². The summed E-state index contributed by atoms with van der Waals surface area (Å²) in [7, 11) is 0. The molecule has 1 amide bonds. The highest BCUT2D eigenvalue weighted by atomic mass is 16.6. The zero-order valence-electron chi connectivity index (χ0n) is 18.4. The van der Waals surface area contributed by atoms with Crippen molar-refractivity contribution < 1.29 is 28.9 Å². The molecule has 8 nitrogen and oxygen atoms in total. The van der Waals surface area contributed by atoms with Crippen molar-refractivity contribution in [2.45, 2.75) is 13.0 Å². The number of aliphatic hydroxyl groups excluding tert-OH is 1. The van der Waals surface area contributed by atoms with Gasteiger partial charge in [-0.25, -0.2) is 4.98 Å². The summed E-state index contributed by atoms with van der Waals surface area (Å²) >= 11 is 0. The number of benzene rings is 2. The van der Waals surface area contributed by atoms with Crippen molar-refractivity contribution >= 4 is 23.3 Å². The highest BCUT2D eigenvalue weighted by Crippen LogP contribution is 2.45. The Labute approximate surface area is 196 Å². The molecule has 0 aliphatic carbocycles. The second-order valence-corrected chi connectivity index (χ2v) is 7.69. The van der Waals surface area contributed by atoms with Crippen LogP contribution in [0, 0.1) is 0 Å². The molecule has 2 aliphatic rings. The Morgan fingerprint density at radius 1 is 1.06 bits per heavy atom. The van der Waals surface area contributed by atoms with E-state index < -0.39 is 17.7 Å². The summed E-state index contributed by atoms with van der Waals surface area (Å²) in [6, 6.07) is 16.2. The molecule has 0 saturated carbocycles. The van der Waals surface area contributed by atoms with Crippen LogP contribution in [-0.4, -0.2) is 41.6 Å². The minimum atomic E-state index is -0.939. The number of amides is 1. The quantitative estimate of drug-likeness (QED) is 0.352. The SMILES string of the molecule is CCOc1ccccc1C1C(=C(O)c2ccc3c(c2)OCCO3)C(=O)C(=O)N1c1ccccn1. The van der Waals surface area contributed by atoms with Gasteiger partial charge in [0, 0.05) is 17.3 Å². The summed E-state index contributed by atoms with van der Waals surface area (Å²) < 4.78 is 17.0. The van der Waals surface area contributed by atoms with Gasteiger partial charge >= 0.3 is 5.91 Å². The van der Waals surface area contributed by atoms with Crippen LogP contribution < -0.4 is 19.1 Å². The predicted molar refractivity (Wildman–Crippen MR) is 124 cm³/mol. The molecule has 34 heavy (non-hydrogen) atoms. The van der Waals surface area contributed by atoms with Gasteiger partial charge in [-0.15, -0.1) is 0 Å². The van der Waals surface area contributed by atoms with E-state index in [1.807, 2.05) is 13.0 Å². The van der Waals surface area contributed by atoms with Gasteiger partial charge in [0.25, 0.3) is 5.78 Å². The fraction of sp³-hybridized carbons (Fsp3) is 0.192. The van der Waals surface area contributed by atoms with Crippen molar-refractivity contribution in [3.05, 3.63) is 83.6 Å². The Morgan fingerprint density at radius 2 is 1.82 bits per heavy atom. The maximum absolute atomic E-state index is 13.3. The second kappa shape index (κ2) is 8.90. The van der Waals surface area contributed by atoms with Crippen molar-refractivity contribution in [1.82, 2.24) is 4.98 Å². The fourth-order valence-corrected chi connectivity index (χ4v) is 4.20. The van der Waals surface area contributed by atoms with Crippen LogP contribution in [0.15, 0.2) is 72.4 Å². The van der Waals surface area contributed by atoms with Crippen LogP contribution in [0.4, 0.5) is 5.82 Å². The van der Waals surface area contributed by atoms with Gasteiger partial charge in [-0.2, -0.15) is 0 Å². The summed E-state index contributed by atoms with van der Waals surface area (Å²) in [6.07, 6.45) is 1.54. The summed E-state index contributed by atoms with van der Waals surface area (Å²) in [5.74, 6) is -0.1000. The molecule has 0 radical (unpaired) electrons. The van der Waals surface area contributed by atoms with Gasteiger partial charge in [0.2, 0.25) is 0 Å². The second-order valence-electron chi connectivity index (χ2n) is 7.69. The lowest BCUT2D eigenvalue weighted by Crippen LogP contribution is -2.30. The predicted octanol–water partition coefficient (Wildman–Crippen LogP) is 3.88. The first kappa shape index (κ1) is 21.5. The molecule has 0 bridgehead atoms. The number of ketones is 1. The number of carbonyl (C=O) groups excluding carboxylic acids is 2. The van der Waals surface area contributed by atoms with E-state index in [-0.39, 0.29) is 11.3 Å². The molecule has 2 aliphatic heterocycles. The number of fused-ring (bicyclic) bond motifs is 1. The number of hydrogen-bond acceptors (Lipinski definition) is 7. The lowest BCUT2D eigenvalue weighted by molar-refractivity contribution is -0.132. The zero-order valence-corrected chi connectivity index (χ0v) is 18.4. The van der Waals surface area contributed by atoms with E-state index in [9.17, 15) is 14.7 Å². The molecular weight excluding hydrogens is 436 g/mol. The Kier molecular flexibility index (Phi) is 5.63. The standard InChI is InChI=1S/C26H22N2O6/c1-2-32-18-8-4-3-7-17(18)23-22(25(30)26(31)28(23)21-9-5-6-12-27-21)24(29)16-10-11-19-20(15-16)34-14-13-33-19/h3-12,15,23,29H,2,13-14H2,1H3. The number of nitrogens with zero attached hydrogens (tertiary/aromatic N) is 2. The monoisotopic (exact) mass is 458 g/mol. The Bertz CT molecular complexity index is 1290. The first-order valence-electron chi connectivity index (χ1n) is 10.9. The smallest absolute Gasteiger partial charge is 0.301 e. The molecule has 1 unspecified atom stereocenters. The average Bonchev–Trinajstić information content (AvgIpc) is 3.14. The lowest BCUT2D eigenvalue weighted by Gasteiger charge is -2.26. The van der Waals surface area contributed by atoms with Gasteiger partial charge in [-0.05, 0) is 43.3 Å². The number of anilines is 1. The zero-order chi connectivity index (χ0) is 23.7. The molecule has 3 heterocycles. The summed E-state index contributed by atoms with van der Waals surface area (Å²) in [5, 5.41) is 11.3. The number of pyridine rings is 1. The van der Waals surface area contributed by atoms with E-state index in [2.05, 4.69) is 4.98 Å². The third-order valence-electron chi connectivity index (χ3n) is 5.67. The van der Waals surface area contributed by atoms with Crippen LogP contribution in [0.2, 0.25) is 0 Å². The third kappa shape index (κ3) is 3.63. The number of rotatable bonds is 5. The third-order valence-corrected chi connectivity index (χ3v) is 5.67. The molecule has 5 rings (SSSR count). The first-order valence-corrected chi connectivity index (χ1v) is 10.9. The van der Waals surface area contributed by atoms with E-state index in [1.54, 1.807) is 60.8 Å². The Balaban J connectivity index is 1.72. The number of aliphatic hydroxyl groups is 1. The molecule has 1 fully saturated rings. The fourth-order valence-electron chi connectivity index (χ4n) is 4.20. The van der Waals surface area contributed by atoms with Crippen LogP contribution in [0.25, 0.3) is 5.76 Å². The number of Topliss-reactive ketones (excluding diaryl/α,β-unsaturated/α-hetero) is 1. The Morgan fingerprint density at radius 3 is 2.59 bits per heavy atom. The number of carbonyl (C=O) groups is 2. The molecule has 0 spiro atoms. The van der Waals surface area contributed by atoms with Gasteiger partial charge in [0.15, 0.2) is 11.5 Å². The van der Waals surface area contributed by atoms with E-state index in [1.165, 1.54) is 4.90 Å². The normalized spacial score (nSPS) is 18.7. The number of aromatic nitrogens is 1. The van der Waals surface area contributed by atoms with Crippen LogP contribution in [0.1, 0.15) is 24.1 Å². The summed E-state index contributed by atoms with van der Waals surface area (Å²) in [5.41, 5.74) is 0.843. The Hall–Kier alpha value is -4.33. The first-order chi connectivity index (χ1) is 16.6. The van der Waals surface area contributed by atoms with Crippen LogP contribution in [0.3, 0.4) is 0 Å². The topological polar surface area (TPSA) is 98.2 Å². The molecule has 172 valence electrons. The maximum atomic E-state index is 13.3. The lowest BCUT2D eigenvalue weighted by atomic mass is 9.94. The maximum Gasteiger partial charge on any atom is 0.301 e. The van der Waals surface area contributed by atoms with Crippen molar-refractivity contribution in [3.8, 4) is 17.2 Å². The molecule has 3 aromatic rings. The van der Waals surface area contributed by atoms with E-state index in [0.29, 0.717) is 54.0 Å². The van der Waals surface area contributed by atoms with E-state index in [4.69, 9.17) is 14.2 Å². The molecular formula is C26H22N2O6. The minimum absolute atomic E-state index is 0.0560. The van der Waals surface area contributed by atoms with Crippen molar-refractivity contribution in [3.63, 3.8) is 0 Å². The van der Waals surface area contributed by atoms with Crippen molar-refractivity contribution in [2.75, 3.05) is 24.7 Å². The number of para-hydroxylation sites is 1. The van der Waals surface area contributed by atoms with Gasteiger partial charge in [0.05, 0.1) is 12.2 Å². The summed E-state index contributed by atoms with van der Waals surface area (Å²) in [4.78, 5) is 32.1. The van der Waals surface area contributed by atoms with Crippen molar-refractivity contribution in [1.29, 1.82) is 0 Å². The molecule has 1 atom stereocenters. The molecule has 8 heteroatoms. The van der Waals surface area contributed by atoms with Crippen molar-refractivity contribution in [2.24, 2.45) is 0 Å². The highest BCUT2D eigenvalue weighted by Gasteiger charge is 2.48. The van der Waals surface area contributed by atoms with Crippen LogP contribution in [0.5, 0.6) is 17.2 Å². The summed E-state index contributed by atoms with van der Waals surface area (Å²) in [6.45, 7) is 3.05. The minimum Gasteiger partial charge on any atom is -0.507 e.